The number of likely N-dealkylation sites (N-methyl/N-ethyl adjacent to an activating group) is 1. The minimum absolute atomic E-state index is 0.308. The third kappa shape index (κ3) is 5.77. The average molecular weight is 291 g/mol. The molecule has 0 aromatic carbocycles. The van der Waals surface area contributed by atoms with Gasteiger partial charge >= 0.3 is 0 Å². The molecule has 1 aliphatic heterocycles. The topological polar surface area (TPSA) is 61.4 Å². The zero-order valence-corrected chi connectivity index (χ0v) is 13.5. The molecule has 6 heteroatoms. The Morgan fingerprint density at radius 1 is 1.26 bits per heavy atom. The smallest absolute Gasteiger partial charge is 0.215 e. The summed E-state index contributed by atoms with van der Waals surface area (Å²) in [5.41, 5.74) is 0. The van der Waals surface area contributed by atoms with Crippen molar-refractivity contribution in [1.82, 2.24) is 14.9 Å². The molecule has 0 aromatic heterocycles. The van der Waals surface area contributed by atoms with Gasteiger partial charge in [0.15, 0.2) is 0 Å². The second-order valence-electron chi connectivity index (χ2n) is 5.90. The molecule has 0 amide bonds. The molecule has 2 N–H and O–H groups in total. The Morgan fingerprint density at radius 3 is 2.53 bits per heavy atom. The summed E-state index contributed by atoms with van der Waals surface area (Å²) in [6, 6.07) is 0.649. The van der Waals surface area contributed by atoms with Gasteiger partial charge in [-0.05, 0) is 33.4 Å². The molecule has 2 atom stereocenters. The highest BCUT2D eigenvalue weighted by Gasteiger charge is 2.24. The Hall–Kier alpha value is -0.170. The number of hydrogen-bond donors (Lipinski definition) is 2. The minimum Gasteiger partial charge on any atom is -0.313 e. The van der Waals surface area contributed by atoms with Crippen LogP contribution in [-0.2, 0) is 10.0 Å². The van der Waals surface area contributed by atoms with Crippen LogP contribution in [0, 0.1) is 0 Å². The molecule has 1 fully saturated rings. The molecule has 0 spiro atoms. The first-order chi connectivity index (χ1) is 8.83. The first-order valence-corrected chi connectivity index (χ1v) is 8.79. The van der Waals surface area contributed by atoms with Gasteiger partial charge in [0.2, 0.25) is 10.0 Å². The molecule has 1 aliphatic rings. The lowest BCUT2D eigenvalue weighted by Gasteiger charge is -2.32. The predicted molar refractivity (Wildman–Crippen MR) is 79.8 cm³/mol. The second-order valence-corrected chi connectivity index (χ2v) is 8.08. The molecule has 1 rings (SSSR count). The minimum atomic E-state index is -3.22. The Balaban J connectivity index is 2.41. The predicted octanol–water partition coefficient (Wildman–Crippen LogP) is 0.777. The lowest BCUT2D eigenvalue weighted by molar-refractivity contribution is 0.187. The van der Waals surface area contributed by atoms with E-state index in [1.807, 2.05) is 13.8 Å². The van der Waals surface area contributed by atoms with E-state index in [2.05, 4.69) is 22.0 Å². The van der Waals surface area contributed by atoms with Crippen molar-refractivity contribution >= 4 is 10.0 Å². The first kappa shape index (κ1) is 16.9. The summed E-state index contributed by atoms with van der Waals surface area (Å²) in [4.78, 5) is 2.25. The summed E-state index contributed by atoms with van der Waals surface area (Å²) in [6.07, 6.45) is 3.49. The van der Waals surface area contributed by atoms with Gasteiger partial charge in [-0.3, -0.25) is 0 Å². The first-order valence-electron chi connectivity index (χ1n) is 7.25. The molecule has 0 radical (unpaired) electrons. The fourth-order valence-corrected chi connectivity index (χ4v) is 3.29. The Labute approximate surface area is 118 Å². The van der Waals surface area contributed by atoms with Crippen LogP contribution in [0.15, 0.2) is 0 Å². The standard InChI is InChI=1S/C13H29N3O2S/c1-11(2)14-9-12(3)19(17,18)15-10-13-7-5-6-8-16(13)4/h11-15H,5-10H2,1-4H3. The maximum atomic E-state index is 12.1. The number of sulfonamides is 1. The van der Waals surface area contributed by atoms with E-state index in [9.17, 15) is 8.42 Å². The summed E-state index contributed by atoms with van der Waals surface area (Å²) in [5, 5.41) is 2.77. The lowest BCUT2D eigenvalue weighted by Crippen LogP contribution is -2.47. The molecule has 5 nitrogen and oxygen atoms in total. The summed E-state index contributed by atoms with van der Waals surface area (Å²) < 4.78 is 27.0. The molecule has 114 valence electrons. The fraction of sp³-hybridized carbons (Fsp3) is 1.00. The molecule has 1 heterocycles. The summed E-state index contributed by atoms with van der Waals surface area (Å²) in [7, 11) is -1.15. The third-order valence-electron chi connectivity index (χ3n) is 3.78. The van der Waals surface area contributed by atoms with Gasteiger partial charge in [-0.2, -0.15) is 0 Å². The van der Waals surface area contributed by atoms with E-state index in [1.54, 1.807) is 6.92 Å². The number of hydrogen-bond acceptors (Lipinski definition) is 4. The lowest BCUT2D eigenvalue weighted by atomic mass is 10.0. The second kappa shape index (κ2) is 7.57. The van der Waals surface area contributed by atoms with Gasteiger partial charge < -0.3 is 10.2 Å². The van der Waals surface area contributed by atoms with Gasteiger partial charge in [-0.1, -0.05) is 20.3 Å². The van der Waals surface area contributed by atoms with E-state index in [0.717, 1.165) is 13.0 Å². The van der Waals surface area contributed by atoms with Crippen molar-refractivity contribution in [2.45, 2.75) is 57.4 Å². The van der Waals surface area contributed by atoms with E-state index >= 15 is 0 Å². The molecule has 1 saturated heterocycles. The SMILES string of the molecule is CC(C)NCC(C)S(=O)(=O)NCC1CCCCN1C. The summed E-state index contributed by atoms with van der Waals surface area (Å²) >= 11 is 0. The van der Waals surface area contributed by atoms with Gasteiger partial charge in [-0.25, -0.2) is 13.1 Å². The maximum Gasteiger partial charge on any atom is 0.215 e. The monoisotopic (exact) mass is 291 g/mol. The van der Waals surface area contributed by atoms with Crippen LogP contribution in [0.1, 0.15) is 40.0 Å². The Morgan fingerprint density at radius 2 is 1.95 bits per heavy atom. The van der Waals surface area contributed by atoms with Crippen LogP contribution >= 0.6 is 0 Å². The summed E-state index contributed by atoms with van der Waals surface area (Å²) in [5.74, 6) is 0. The zero-order chi connectivity index (χ0) is 14.5. The van der Waals surface area contributed by atoms with Crippen molar-refractivity contribution in [3.63, 3.8) is 0 Å². The molecule has 0 aromatic rings. The maximum absolute atomic E-state index is 12.1. The fourth-order valence-electron chi connectivity index (χ4n) is 2.27. The van der Waals surface area contributed by atoms with Gasteiger partial charge in [0.05, 0.1) is 5.25 Å². The van der Waals surface area contributed by atoms with Crippen LogP contribution in [0.4, 0.5) is 0 Å². The van der Waals surface area contributed by atoms with Gasteiger partial charge in [0, 0.05) is 25.2 Å². The van der Waals surface area contributed by atoms with E-state index < -0.39 is 15.3 Å². The quantitative estimate of drug-likeness (QED) is 0.727. The largest absolute Gasteiger partial charge is 0.313 e. The van der Waals surface area contributed by atoms with Crippen LogP contribution < -0.4 is 10.0 Å². The van der Waals surface area contributed by atoms with Crippen LogP contribution in [0.25, 0.3) is 0 Å². The zero-order valence-electron chi connectivity index (χ0n) is 12.6. The number of nitrogens with zero attached hydrogens (tertiary/aromatic N) is 1. The highest BCUT2D eigenvalue weighted by atomic mass is 32.2. The van der Waals surface area contributed by atoms with Crippen LogP contribution in [0.5, 0.6) is 0 Å². The van der Waals surface area contributed by atoms with E-state index in [1.165, 1.54) is 12.8 Å². The Bertz CT molecular complexity index is 357. The molecule has 2 unspecified atom stereocenters. The van der Waals surface area contributed by atoms with Crippen molar-refractivity contribution in [3.8, 4) is 0 Å². The van der Waals surface area contributed by atoms with E-state index in [4.69, 9.17) is 0 Å². The molecular formula is C13H29N3O2S. The Kier molecular flexibility index (Phi) is 6.73. The van der Waals surface area contributed by atoms with Crippen LogP contribution in [-0.4, -0.2) is 57.3 Å². The van der Waals surface area contributed by atoms with Gasteiger partial charge in [-0.15, -0.1) is 0 Å². The van der Waals surface area contributed by atoms with Gasteiger partial charge in [0.1, 0.15) is 0 Å². The highest BCUT2D eigenvalue weighted by Crippen LogP contribution is 2.14. The normalized spacial score (nSPS) is 23.7. The van der Waals surface area contributed by atoms with Crippen molar-refractivity contribution in [2.24, 2.45) is 0 Å². The van der Waals surface area contributed by atoms with E-state index in [0.29, 0.717) is 25.2 Å². The molecular weight excluding hydrogens is 262 g/mol. The van der Waals surface area contributed by atoms with Crippen LogP contribution in [0.2, 0.25) is 0 Å². The molecule has 0 saturated carbocycles. The third-order valence-corrected chi connectivity index (χ3v) is 5.58. The van der Waals surface area contributed by atoms with Crippen molar-refractivity contribution < 1.29 is 8.42 Å². The number of likely N-dealkylation sites (tertiary alicyclic amines) is 1. The number of rotatable bonds is 7. The number of nitrogens with one attached hydrogen (secondary N) is 2. The highest BCUT2D eigenvalue weighted by molar-refractivity contribution is 7.90. The molecule has 0 bridgehead atoms. The van der Waals surface area contributed by atoms with Crippen LogP contribution in [0.3, 0.4) is 0 Å². The molecule has 19 heavy (non-hydrogen) atoms. The van der Waals surface area contributed by atoms with Crippen molar-refractivity contribution in [1.29, 1.82) is 0 Å². The summed E-state index contributed by atoms with van der Waals surface area (Å²) in [6.45, 7) is 7.88. The van der Waals surface area contributed by atoms with Crippen molar-refractivity contribution in [2.75, 3.05) is 26.7 Å². The van der Waals surface area contributed by atoms with E-state index in [-0.39, 0.29) is 0 Å². The van der Waals surface area contributed by atoms with Crippen molar-refractivity contribution in [3.05, 3.63) is 0 Å². The van der Waals surface area contributed by atoms with Gasteiger partial charge in [0.25, 0.3) is 0 Å². The molecule has 0 aliphatic carbocycles. The average Bonchev–Trinajstić information content (AvgIpc) is 2.34. The number of piperidine rings is 1.